The summed E-state index contributed by atoms with van der Waals surface area (Å²) in [6.07, 6.45) is 1.46. The number of hydrogen-bond donors (Lipinski definition) is 2. The van der Waals surface area contributed by atoms with Gasteiger partial charge in [0.1, 0.15) is 5.82 Å². The third kappa shape index (κ3) is 3.95. The molecule has 1 rings (SSSR count). The molecule has 0 aromatic heterocycles. The third-order valence-corrected chi connectivity index (χ3v) is 3.30. The number of alkyl halides is 1. The van der Waals surface area contributed by atoms with Crippen molar-refractivity contribution in [2.75, 3.05) is 0 Å². The molecule has 0 saturated carbocycles. The highest BCUT2D eigenvalue weighted by molar-refractivity contribution is 14.1. The van der Waals surface area contributed by atoms with Crippen molar-refractivity contribution in [2.45, 2.75) is 5.33 Å². The summed E-state index contributed by atoms with van der Waals surface area (Å²) in [5.74, 6) is -0.263. The Bertz CT molecular complexity index is 416. The lowest BCUT2D eigenvalue weighted by atomic mass is 10.1. The number of rotatable bonds is 3. The Balaban J connectivity index is 2.91. The van der Waals surface area contributed by atoms with Crippen LogP contribution in [-0.4, -0.2) is 11.3 Å². The zero-order chi connectivity index (χ0) is 12.1. The van der Waals surface area contributed by atoms with Crippen molar-refractivity contribution in [2.24, 2.45) is 10.8 Å². The Morgan fingerprint density at radius 3 is 2.88 bits per heavy atom. The molecule has 3 N–H and O–H groups in total. The number of nitrogens with one attached hydrogen (secondary N) is 1. The van der Waals surface area contributed by atoms with Gasteiger partial charge in [0, 0.05) is 14.5 Å². The van der Waals surface area contributed by atoms with Crippen LogP contribution in [0, 0.1) is 9.39 Å². The van der Waals surface area contributed by atoms with Gasteiger partial charge in [-0.05, 0) is 52.5 Å². The normalized spacial score (nSPS) is 10.7. The Hall–Kier alpha value is -0.280. The number of thiocarbonyl (C=S) groups is 1. The van der Waals surface area contributed by atoms with Crippen LogP contribution in [0.15, 0.2) is 17.2 Å². The van der Waals surface area contributed by atoms with Crippen LogP contribution >= 0.6 is 50.7 Å². The molecule has 0 radical (unpaired) electrons. The quantitative estimate of drug-likeness (QED) is 0.262. The minimum Gasteiger partial charge on any atom is -0.375 e. The molecular weight excluding hydrogens is 408 g/mol. The second-order valence-electron chi connectivity index (χ2n) is 2.83. The fourth-order valence-corrected chi connectivity index (χ4v) is 2.95. The van der Waals surface area contributed by atoms with E-state index in [4.69, 9.17) is 5.73 Å². The molecule has 0 aliphatic rings. The fourth-order valence-electron chi connectivity index (χ4n) is 0.995. The van der Waals surface area contributed by atoms with Crippen molar-refractivity contribution in [1.29, 1.82) is 0 Å². The van der Waals surface area contributed by atoms with Crippen LogP contribution in [-0.2, 0) is 5.33 Å². The largest absolute Gasteiger partial charge is 0.375 e. The minimum atomic E-state index is -0.263. The summed E-state index contributed by atoms with van der Waals surface area (Å²) < 4.78 is 14.4. The Morgan fingerprint density at radius 2 is 2.38 bits per heavy atom. The number of hydrogen-bond acceptors (Lipinski definition) is 2. The van der Waals surface area contributed by atoms with E-state index in [9.17, 15) is 4.39 Å². The minimum absolute atomic E-state index is 0.0727. The molecule has 0 aliphatic heterocycles. The van der Waals surface area contributed by atoms with Crippen LogP contribution in [0.2, 0.25) is 0 Å². The van der Waals surface area contributed by atoms with Crippen LogP contribution in [0.3, 0.4) is 0 Å². The molecule has 0 saturated heterocycles. The van der Waals surface area contributed by atoms with Crippen LogP contribution in [0.5, 0.6) is 0 Å². The van der Waals surface area contributed by atoms with Crippen LogP contribution in [0.25, 0.3) is 0 Å². The lowest BCUT2D eigenvalue weighted by molar-refractivity contribution is 0.616. The van der Waals surface area contributed by atoms with Gasteiger partial charge in [0.2, 0.25) is 0 Å². The maximum Gasteiger partial charge on any atom is 0.184 e. The maximum atomic E-state index is 13.5. The maximum absolute atomic E-state index is 13.5. The van der Waals surface area contributed by atoms with Gasteiger partial charge in [0.25, 0.3) is 0 Å². The number of nitrogens with zero attached hydrogens (tertiary/aromatic N) is 1. The smallest absolute Gasteiger partial charge is 0.184 e. The second kappa shape index (κ2) is 6.45. The van der Waals surface area contributed by atoms with Gasteiger partial charge in [0.05, 0.1) is 6.21 Å². The average molecular weight is 416 g/mol. The first-order valence-corrected chi connectivity index (χ1v) is 6.78. The first kappa shape index (κ1) is 13.8. The number of hydrazone groups is 1. The molecule has 0 amide bonds. The summed E-state index contributed by atoms with van der Waals surface area (Å²) in [5.41, 5.74) is 8.88. The van der Waals surface area contributed by atoms with Crippen molar-refractivity contribution in [3.63, 3.8) is 0 Å². The van der Waals surface area contributed by atoms with Gasteiger partial charge in [-0.1, -0.05) is 15.9 Å². The summed E-state index contributed by atoms with van der Waals surface area (Å²) in [7, 11) is 0. The van der Waals surface area contributed by atoms with Crippen molar-refractivity contribution >= 4 is 62.1 Å². The van der Waals surface area contributed by atoms with Crippen molar-refractivity contribution < 1.29 is 4.39 Å². The molecular formula is C9H8BrFIN3S. The molecule has 1 aromatic carbocycles. The predicted molar refractivity (Wildman–Crippen MR) is 79.3 cm³/mol. The van der Waals surface area contributed by atoms with Crippen molar-refractivity contribution in [3.8, 4) is 0 Å². The molecule has 16 heavy (non-hydrogen) atoms. The van der Waals surface area contributed by atoms with Gasteiger partial charge >= 0.3 is 0 Å². The molecule has 0 aliphatic carbocycles. The zero-order valence-electron chi connectivity index (χ0n) is 8.01. The van der Waals surface area contributed by atoms with Gasteiger partial charge in [-0.15, -0.1) is 0 Å². The molecule has 1 aromatic rings. The summed E-state index contributed by atoms with van der Waals surface area (Å²) in [5, 5.41) is 4.31. The third-order valence-electron chi connectivity index (χ3n) is 1.69. The molecule has 86 valence electrons. The number of halogens is 3. The Morgan fingerprint density at radius 1 is 1.69 bits per heavy atom. The standard InChI is InChI=1S/C9H8BrFIN3S/c10-3-6-7(11)1-5(2-8(6)12)4-14-15-9(13)16/h1-2,4H,3H2,(H3,13,15,16). The van der Waals surface area contributed by atoms with Crippen LogP contribution < -0.4 is 11.2 Å². The van der Waals surface area contributed by atoms with Crippen molar-refractivity contribution in [1.82, 2.24) is 5.43 Å². The molecule has 0 heterocycles. The summed E-state index contributed by atoms with van der Waals surface area (Å²) in [6, 6.07) is 3.23. The number of nitrogens with two attached hydrogens (primary N) is 1. The lowest BCUT2D eigenvalue weighted by Gasteiger charge is -2.04. The van der Waals surface area contributed by atoms with Gasteiger partial charge in [0.15, 0.2) is 5.11 Å². The predicted octanol–water partition coefficient (Wildman–Crippen LogP) is 2.49. The Kier molecular flexibility index (Phi) is 5.56. The van der Waals surface area contributed by atoms with E-state index in [0.717, 1.165) is 3.57 Å². The highest BCUT2D eigenvalue weighted by atomic mass is 127. The molecule has 0 unspecified atom stereocenters. The Labute approximate surface area is 120 Å². The highest BCUT2D eigenvalue weighted by Crippen LogP contribution is 2.20. The van der Waals surface area contributed by atoms with Crippen LogP contribution in [0.4, 0.5) is 4.39 Å². The van der Waals surface area contributed by atoms with E-state index in [1.54, 1.807) is 0 Å². The van der Waals surface area contributed by atoms with Gasteiger partial charge in [-0.25, -0.2) is 4.39 Å². The second-order valence-corrected chi connectivity index (χ2v) is 4.99. The molecule has 0 spiro atoms. The molecule has 0 bridgehead atoms. The monoisotopic (exact) mass is 415 g/mol. The highest BCUT2D eigenvalue weighted by Gasteiger charge is 2.06. The zero-order valence-corrected chi connectivity index (χ0v) is 12.6. The van der Waals surface area contributed by atoms with Gasteiger partial charge in [-0.2, -0.15) is 5.10 Å². The SMILES string of the molecule is NC(=S)NN=Cc1cc(F)c(CBr)c(I)c1. The number of benzene rings is 1. The van der Waals surface area contributed by atoms with Crippen molar-refractivity contribution in [3.05, 3.63) is 32.6 Å². The summed E-state index contributed by atoms with van der Waals surface area (Å²) in [6.45, 7) is 0. The van der Waals surface area contributed by atoms with E-state index in [-0.39, 0.29) is 10.9 Å². The summed E-state index contributed by atoms with van der Waals surface area (Å²) in [4.78, 5) is 0. The molecule has 7 heteroatoms. The van der Waals surface area contributed by atoms with E-state index in [0.29, 0.717) is 16.5 Å². The van der Waals surface area contributed by atoms with E-state index >= 15 is 0 Å². The topological polar surface area (TPSA) is 50.4 Å². The molecule has 3 nitrogen and oxygen atoms in total. The first-order valence-electron chi connectivity index (χ1n) is 4.17. The average Bonchev–Trinajstić information content (AvgIpc) is 2.16. The van der Waals surface area contributed by atoms with Gasteiger partial charge in [-0.3, -0.25) is 5.43 Å². The fraction of sp³-hybridized carbons (Fsp3) is 0.111. The van der Waals surface area contributed by atoms with Crippen LogP contribution in [0.1, 0.15) is 11.1 Å². The lowest BCUT2D eigenvalue weighted by Crippen LogP contribution is -2.24. The summed E-state index contributed by atoms with van der Waals surface area (Å²) >= 11 is 9.88. The molecule has 0 atom stereocenters. The van der Waals surface area contributed by atoms with Gasteiger partial charge < -0.3 is 5.73 Å². The van der Waals surface area contributed by atoms with E-state index in [2.05, 4.69) is 61.3 Å². The first-order chi connectivity index (χ1) is 7.54. The van der Waals surface area contributed by atoms with E-state index in [1.165, 1.54) is 12.3 Å². The molecule has 0 fully saturated rings. The van der Waals surface area contributed by atoms with E-state index in [1.807, 2.05) is 6.07 Å². The van der Waals surface area contributed by atoms with E-state index < -0.39 is 0 Å².